The number of benzene rings is 2. The molecule has 180 valence electrons. The maximum Gasteiger partial charge on any atom is 0.314 e. The molecule has 6 heteroatoms. The van der Waals surface area contributed by atoms with Gasteiger partial charge in [0.25, 0.3) is 0 Å². The first-order valence-electron chi connectivity index (χ1n) is 12.2. The van der Waals surface area contributed by atoms with Crippen molar-refractivity contribution in [3.05, 3.63) is 89.3 Å². The van der Waals surface area contributed by atoms with Gasteiger partial charge in [-0.2, -0.15) is 0 Å². The largest absolute Gasteiger partial charge is 0.481 e. The number of allylic oxidation sites excluding steroid dienone is 2. The second-order valence-corrected chi connectivity index (χ2v) is 9.48. The molecule has 2 aliphatic rings. The number of rotatable bonds is 9. The minimum absolute atomic E-state index is 0.606. The topological polar surface area (TPSA) is 95.6 Å². The molecule has 0 bridgehead atoms. The minimum Gasteiger partial charge on any atom is -0.481 e. The highest BCUT2D eigenvalue weighted by Gasteiger charge is 2.51. The molecule has 3 aromatic rings. The lowest BCUT2D eigenvalue weighted by Crippen LogP contribution is -2.19. The molecule has 1 aromatic heterocycles. The number of carbonyl (C=O) groups is 1. The molecule has 0 radical (unpaired) electrons. The Hall–Kier alpha value is -3.64. The number of nitrogens with one attached hydrogen (secondary N) is 1. The lowest BCUT2D eigenvalue weighted by molar-refractivity contribution is -0.140. The Labute approximate surface area is 205 Å². The van der Waals surface area contributed by atoms with Gasteiger partial charge < -0.3 is 20.1 Å². The van der Waals surface area contributed by atoms with Gasteiger partial charge in [0.1, 0.15) is 0 Å². The van der Waals surface area contributed by atoms with Gasteiger partial charge in [0, 0.05) is 12.1 Å². The van der Waals surface area contributed by atoms with Crippen LogP contribution in [0.25, 0.3) is 22.5 Å². The van der Waals surface area contributed by atoms with Crippen molar-refractivity contribution in [2.75, 3.05) is 6.54 Å². The number of hydrogen-bond donors (Lipinski definition) is 3. The van der Waals surface area contributed by atoms with Crippen molar-refractivity contribution in [3.8, 4) is 22.5 Å². The van der Waals surface area contributed by atoms with E-state index in [2.05, 4.69) is 22.6 Å². The number of aromatic nitrogens is 1. The first-order chi connectivity index (χ1) is 17.0. The van der Waals surface area contributed by atoms with E-state index in [9.17, 15) is 15.0 Å². The minimum atomic E-state index is -0.741. The lowest BCUT2D eigenvalue weighted by Gasteiger charge is -2.13. The maximum absolute atomic E-state index is 11.6. The Bertz CT molecular complexity index is 1270. The van der Waals surface area contributed by atoms with Crippen LogP contribution in [0.5, 0.6) is 0 Å². The zero-order valence-corrected chi connectivity index (χ0v) is 19.8. The van der Waals surface area contributed by atoms with Crippen LogP contribution in [0.4, 0.5) is 0 Å². The highest BCUT2D eigenvalue weighted by atomic mass is 16.5. The van der Waals surface area contributed by atoms with E-state index in [0.717, 1.165) is 47.2 Å². The van der Waals surface area contributed by atoms with Crippen molar-refractivity contribution in [1.82, 2.24) is 10.5 Å². The van der Waals surface area contributed by atoms with Crippen molar-refractivity contribution >= 4 is 5.97 Å². The average molecular weight is 471 g/mol. The van der Waals surface area contributed by atoms with Gasteiger partial charge in [-0.1, -0.05) is 59.8 Å². The molecular weight excluding hydrogens is 440 g/mol. The van der Waals surface area contributed by atoms with Crippen LogP contribution < -0.4 is 5.32 Å². The summed E-state index contributed by atoms with van der Waals surface area (Å²) in [5.41, 5.74) is 5.85. The van der Waals surface area contributed by atoms with Crippen LogP contribution in [0.3, 0.4) is 0 Å². The van der Waals surface area contributed by atoms with Gasteiger partial charge in [-0.15, -0.1) is 0 Å². The monoisotopic (exact) mass is 470 g/mol. The number of carboxylic acid groups (broad SMARTS) is 1. The molecule has 35 heavy (non-hydrogen) atoms. The Balaban J connectivity index is 1.28. The number of aliphatic hydroxyl groups excluding tert-OH is 1. The smallest absolute Gasteiger partial charge is 0.314 e. The van der Waals surface area contributed by atoms with E-state index >= 15 is 0 Å². The van der Waals surface area contributed by atoms with Gasteiger partial charge >= 0.3 is 5.97 Å². The van der Waals surface area contributed by atoms with Crippen molar-refractivity contribution in [2.45, 2.75) is 50.5 Å². The second kappa shape index (κ2) is 9.55. The summed E-state index contributed by atoms with van der Waals surface area (Å²) in [5.74, 6) is -0.134. The maximum atomic E-state index is 11.6. The summed E-state index contributed by atoms with van der Waals surface area (Å²) in [7, 11) is 0. The van der Waals surface area contributed by atoms with Gasteiger partial charge in [-0.3, -0.25) is 4.79 Å². The van der Waals surface area contributed by atoms with Crippen LogP contribution in [0.15, 0.2) is 77.0 Å². The molecule has 6 nitrogen and oxygen atoms in total. The van der Waals surface area contributed by atoms with Gasteiger partial charge in [-0.05, 0) is 73.6 Å². The highest BCUT2D eigenvalue weighted by Crippen LogP contribution is 2.48. The van der Waals surface area contributed by atoms with E-state index in [-0.39, 0.29) is 0 Å². The van der Waals surface area contributed by atoms with Gasteiger partial charge in [0.05, 0.1) is 22.8 Å². The standard InChI is InChI=1S/C29H30N2O4/c1-19-26(25(32)4-2-3-20-13-17-30-18-14-20)27(35-31-19)23-7-5-21(6-8-23)22-9-11-24(12-10-22)29(15-16-29)28(33)34/h5-14,17,25,30,32H,2-4,15-16,18H2,1H3,(H,33,34). The molecular formula is C29H30N2O4. The Morgan fingerprint density at radius 3 is 2.34 bits per heavy atom. The normalized spacial score (nSPS) is 16.9. The molecule has 1 fully saturated rings. The third-order valence-corrected chi connectivity index (χ3v) is 7.16. The molecule has 1 atom stereocenters. The van der Waals surface area contributed by atoms with Gasteiger partial charge in [-0.25, -0.2) is 0 Å². The van der Waals surface area contributed by atoms with E-state index in [1.807, 2.05) is 61.7 Å². The van der Waals surface area contributed by atoms with E-state index in [4.69, 9.17) is 4.52 Å². The summed E-state index contributed by atoms with van der Waals surface area (Å²) in [6, 6.07) is 15.8. The van der Waals surface area contributed by atoms with Crippen molar-refractivity contribution in [1.29, 1.82) is 0 Å². The number of aliphatic hydroxyl groups is 1. The summed E-state index contributed by atoms with van der Waals surface area (Å²) in [6.07, 6.45) is 9.42. The summed E-state index contributed by atoms with van der Waals surface area (Å²) >= 11 is 0. The van der Waals surface area contributed by atoms with Crippen LogP contribution in [0.2, 0.25) is 0 Å². The summed E-state index contributed by atoms with van der Waals surface area (Å²) in [6.45, 7) is 2.72. The van der Waals surface area contributed by atoms with Crippen LogP contribution in [-0.2, 0) is 10.2 Å². The van der Waals surface area contributed by atoms with Crippen LogP contribution >= 0.6 is 0 Å². The predicted molar refractivity (Wildman–Crippen MR) is 135 cm³/mol. The molecule has 5 rings (SSSR count). The molecule has 2 aromatic carbocycles. The third kappa shape index (κ3) is 4.66. The van der Waals surface area contributed by atoms with Crippen molar-refractivity contribution in [2.24, 2.45) is 0 Å². The van der Waals surface area contributed by atoms with E-state index in [1.54, 1.807) is 0 Å². The summed E-state index contributed by atoms with van der Waals surface area (Å²) in [4.78, 5) is 11.6. The molecule has 2 heterocycles. The Morgan fingerprint density at radius 2 is 1.74 bits per heavy atom. The molecule has 3 N–H and O–H groups in total. The number of aliphatic carboxylic acids is 1. The fraction of sp³-hybridized carbons (Fsp3) is 0.310. The molecule has 0 amide bonds. The Morgan fingerprint density at radius 1 is 1.09 bits per heavy atom. The number of aryl methyl sites for hydroxylation is 1. The zero-order valence-electron chi connectivity index (χ0n) is 19.8. The van der Waals surface area contributed by atoms with E-state index in [0.29, 0.717) is 30.7 Å². The van der Waals surface area contributed by atoms with Gasteiger partial charge in [0.2, 0.25) is 0 Å². The lowest BCUT2D eigenvalue weighted by atomic mass is 9.93. The summed E-state index contributed by atoms with van der Waals surface area (Å²) in [5, 5.41) is 27.7. The first-order valence-corrected chi connectivity index (χ1v) is 12.2. The second-order valence-electron chi connectivity index (χ2n) is 9.48. The number of dihydropyridines is 1. The molecule has 0 saturated heterocycles. The van der Waals surface area contributed by atoms with E-state index in [1.165, 1.54) is 5.57 Å². The van der Waals surface area contributed by atoms with Gasteiger partial charge in [0.15, 0.2) is 5.76 Å². The van der Waals surface area contributed by atoms with Crippen LogP contribution in [0.1, 0.15) is 55.0 Å². The molecule has 1 aliphatic heterocycles. The average Bonchev–Trinajstić information content (AvgIpc) is 3.61. The third-order valence-electron chi connectivity index (χ3n) is 7.16. The molecule has 1 saturated carbocycles. The zero-order chi connectivity index (χ0) is 24.4. The number of hydrogen-bond acceptors (Lipinski definition) is 5. The molecule has 1 aliphatic carbocycles. The van der Waals surface area contributed by atoms with Crippen LogP contribution in [-0.4, -0.2) is 27.9 Å². The Kier molecular flexibility index (Phi) is 6.31. The first kappa shape index (κ1) is 23.1. The summed E-state index contributed by atoms with van der Waals surface area (Å²) < 4.78 is 5.63. The highest BCUT2D eigenvalue weighted by molar-refractivity contribution is 5.85. The SMILES string of the molecule is Cc1noc(-c2ccc(-c3ccc(C4(C(=O)O)CC4)cc3)cc2)c1C(O)CCCC1=CCNC=C1. The van der Waals surface area contributed by atoms with Crippen molar-refractivity contribution in [3.63, 3.8) is 0 Å². The molecule has 0 spiro atoms. The molecule has 1 unspecified atom stereocenters. The van der Waals surface area contributed by atoms with Crippen LogP contribution in [0, 0.1) is 6.92 Å². The number of carboxylic acids is 1. The predicted octanol–water partition coefficient (Wildman–Crippen LogP) is 5.68. The fourth-order valence-corrected chi connectivity index (χ4v) is 4.85. The fourth-order valence-electron chi connectivity index (χ4n) is 4.85. The van der Waals surface area contributed by atoms with Crippen molar-refractivity contribution < 1.29 is 19.5 Å². The van der Waals surface area contributed by atoms with E-state index < -0.39 is 17.5 Å². The number of nitrogens with zero attached hydrogens (tertiary/aromatic N) is 1. The quantitative estimate of drug-likeness (QED) is 0.372.